The van der Waals surface area contributed by atoms with Gasteiger partial charge in [-0.1, -0.05) is 44.2 Å². The fraction of sp³-hybridized carbons (Fsp3) is 0.531. The molecule has 1 saturated heterocycles. The number of hydrogen-bond donors (Lipinski definition) is 1. The Morgan fingerprint density at radius 2 is 1.83 bits per heavy atom. The van der Waals surface area contributed by atoms with E-state index in [-0.39, 0.29) is 18.8 Å². The van der Waals surface area contributed by atoms with Gasteiger partial charge in [0.1, 0.15) is 18.8 Å². The highest BCUT2D eigenvalue weighted by Gasteiger charge is 2.67. The summed E-state index contributed by atoms with van der Waals surface area (Å²) >= 11 is 0. The van der Waals surface area contributed by atoms with Crippen molar-refractivity contribution in [1.29, 1.82) is 0 Å². The zero-order valence-electron chi connectivity index (χ0n) is 24.3. The fourth-order valence-corrected chi connectivity index (χ4v) is 7.59. The number of cyclic esters (lactones) is 1. The highest BCUT2D eigenvalue weighted by atomic mass is 16.6. The van der Waals surface area contributed by atoms with Crippen LogP contribution < -0.4 is 5.32 Å². The van der Waals surface area contributed by atoms with Crippen LogP contribution in [0.25, 0.3) is 0 Å². The third kappa shape index (κ3) is 5.34. The summed E-state index contributed by atoms with van der Waals surface area (Å²) in [6.07, 6.45) is 2.42. The molecule has 10 heteroatoms. The molecular weight excluding hydrogens is 542 g/mol. The molecule has 10 nitrogen and oxygen atoms in total. The van der Waals surface area contributed by atoms with E-state index in [1.807, 2.05) is 44.2 Å². The normalized spacial score (nSPS) is 32.9. The van der Waals surface area contributed by atoms with E-state index in [4.69, 9.17) is 18.6 Å². The van der Waals surface area contributed by atoms with Crippen molar-refractivity contribution in [2.75, 3.05) is 0 Å². The van der Waals surface area contributed by atoms with Crippen molar-refractivity contribution in [2.45, 2.75) is 78.2 Å². The summed E-state index contributed by atoms with van der Waals surface area (Å²) in [5.74, 6) is -4.44. The van der Waals surface area contributed by atoms with Gasteiger partial charge in [-0.05, 0) is 48.6 Å². The maximum atomic E-state index is 14.1. The summed E-state index contributed by atoms with van der Waals surface area (Å²) in [5, 5.41) is 2.79. The molecule has 1 aliphatic heterocycles. The number of esters is 3. The highest BCUT2D eigenvalue weighted by Crippen LogP contribution is 2.65. The lowest BCUT2D eigenvalue weighted by molar-refractivity contribution is -0.208. The summed E-state index contributed by atoms with van der Waals surface area (Å²) in [4.78, 5) is 66.1. The zero-order chi connectivity index (χ0) is 30.2. The van der Waals surface area contributed by atoms with Gasteiger partial charge < -0.3 is 23.9 Å². The van der Waals surface area contributed by atoms with Crippen molar-refractivity contribution >= 4 is 29.6 Å². The number of hydrogen-bond acceptors (Lipinski definition) is 9. The Hall–Kier alpha value is -3.95. The predicted octanol–water partition coefficient (Wildman–Crippen LogP) is 4.08. The number of benzene rings is 1. The van der Waals surface area contributed by atoms with Gasteiger partial charge in [-0.25, -0.2) is 4.79 Å². The molecule has 224 valence electrons. The minimum absolute atomic E-state index is 0.0145. The van der Waals surface area contributed by atoms with Crippen molar-refractivity contribution in [3.63, 3.8) is 0 Å². The standard InChI is InChI=1S/C32H37NO9/c1-18(29(37)40-16-20-8-6-5-7-9-20)33-28(36)23-14-24(41-19(2)34)26(35)27-31(23,3)12-10-22-30(38)42-25(15-32(22,27)4)21-11-13-39-17-21/h5-9,11,13,17-18,22-25,27H,10,12,14-16H2,1-4H3,(H,33,36)/t18-,22+,23+,24+,25-,27+,31+,32+/m1/s1. The lowest BCUT2D eigenvalue weighted by Crippen LogP contribution is -2.65. The summed E-state index contributed by atoms with van der Waals surface area (Å²) < 4.78 is 21.9. The van der Waals surface area contributed by atoms with Gasteiger partial charge in [0.05, 0.1) is 18.4 Å². The molecule has 2 aliphatic carbocycles. The number of furan rings is 1. The Bertz CT molecular complexity index is 1360. The van der Waals surface area contributed by atoms with Crippen LogP contribution in [0.4, 0.5) is 0 Å². The molecule has 0 bridgehead atoms. The van der Waals surface area contributed by atoms with Crippen LogP contribution in [0.1, 0.15) is 70.6 Å². The molecule has 1 aromatic heterocycles. The maximum Gasteiger partial charge on any atom is 0.328 e. The Morgan fingerprint density at radius 3 is 2.50 bits per heavy atom. The third-order valence-corrected chi connectivity index (χ3v) is 9.58. The first kappa shape index (κ1) is 29.5. The molecule has 8 atom stereocenters. The predicted molar refractivity (Wildman–Crippen MR) is 147 cm³/mol. The minimum Gasteiger partial charge on any atom is -0.472 e. The molecule has 5 rings (SSSR count). The molecule has 3 fully saturated rings. The first-order chi connectivity index (χ1) is 19.9. The van der Waals surface area contributed by atoms with Crippen molar-refractivity contribution < 1.29 is 42.6 Å². The lowest BCUT2D eigenvalue weighted by Gasteiger charge is -2.61. The molecule has 2 saturated carbocycles. The van der Waals surface area contributed by atoms with Crippen LogP contribution in [0.2, 0.25) is 0 Å². The van der Waals surface area contributed by atoms with Gasteiger partial charge in [0.25, 0.3) is 0 Å². The van der Waals surface area contributed by atoms with Crippen LogP contribution in [0, 0.1) is 28.6 Å². The topological polar surface area (TPSA) is 138 Å². The molecule has 1 amide bonds. The first-order valence-corrected chi connectivity index (χ1v) is 14.4. The summed E-state index contributed by atoms with van der Waals surface area (Å²) in [5.41, 5.74) is -0.236. The smallest absolute Gasteiger partial charge is 0.328 e. The number of Topliss-reactive ketones (excluding diaryl/α,β-unsaturated/α-hetero) is 1. The Labute approximate surface area is 244 Å². The molecule has 3 aliphatic rings. The van der Waals surface area contributed by atoms with E-state index in [0.29, 0.717) is 24.8 Å². The van der Waals surface area contributed by atoms with E-state index in [1.165, 1.54) is 19.5 Å². The maximum absolute atomic E-state index is 14.1. The minimum atomic E-state index is -1.16. The molecule has 0 spiro atoms. The number of ketones is 1. The molecule has 0 radical (unpaired) electrons. The second kappa shape index (κ2) is 11.4. The molecule has 2 aromatic rings. The molecule has 1 aromatic carbocycles. The van der Waals surface area contributed by atoms with Crippen molar-refractivity contribution in [3.05, 3.63) is 60.1 Å². The fourth-order valence-electron chi connectivity index (χ4n) is 7.59. The van der Waals surface area contributed by atoms with Crippen molar-refractivity contribution in [1.82, 2.24) is 5.32 Å². The summed E-state index contributed by atoms with van der Waals surface area (Å²) in [7, 11) is 0. The van der Waals surface area contributed by atoms with E-state index in [1.54, 1.807) is 13.0 Å². The molecule has 1 N–H and O–H groups in total. The van der Waals surface area contributed by atoms with Crippen molar-refractivity contribution in [2.24, 2.45) is 28.6 Å². The largest absolute Gasteiger partial charge is 0.472 e. The first-order valence-electron chi connectivity index (χ1n) is 14.4. The molecule has 42 heavy (non-hydrogen) atoms. The van der Waals surface area contributed by atoms with Crippen LogP contribution in [0.15, 0.2) is 53.3 Å². The lowest BCUT2D eigenvalue weighted by atomic mass is 9.43. The monoisotopic (exact) mass is 579 g/mol. The van der Waals surface area contributed by atoms with Gasteiger partial charge in [-0.2, -0.15) is 0 Å². The Kier molecular flexibility index (Phi) is 8.00. The third-order valence-electron chi connectivity index (χ3n) is 9.58. The van der Waals surface area contributed by atoms with Crippen molar-refractivity contribution in [3.8, 4) is 0 Å². The molecule has 0 unspecified atom stereocenters. The number of carbonyl (C=O) groups excluding carboxylic acids is 5. The van der Waals surface area contributed by atoms with Gasteiger partial charge in [-0.3, -0.25) is 19.2 Å². The number of amides is 1. The Morgan fingerprint density at radius 1 is 1.10 bits per heavy atom. The summed E-state index contributed by atoms with van der Waals surface area (Å²) in [6.45, 7) is 6.64. The van der Waals surface area contributed by atoms with Crippen LogP contribution in [-0.4, -0.2) is 41.7 Å². The molecular formula is C32H37NO9. The number of rotatable bonds is 7. The van der Waals surface area contributed by atoms with Gasteiger partial charge >= 0.3 is 17.9 Å². The SMILES string of the molecule is CC(=O)O[C@H]1C[C@@H](C(=O)N[C@H](C)C(=O)OCc2ccccc2)[C@]2(C)CC[C@H]3C(=O)O[C@@H](c4ccoc4)C[C@]3(C)[C@H]2C1=O. The van der Waals surface area contributed by atoms with E-state index in [9.17, 15) is 24.0 Å². The highest BCUT2D eigenvalue weighted by molar-refractivity contribution is 5.94. The summed E-state index contributed by atoms with van der Waals surface area (Å²) in [6, 6.07) is 9.99. The van der Waals surface area contributed by atoms with Crippen LogP contribution >= 0.6 is 0 Å². The molecule has 2 heterocycles. The van der Waals surface area contributed by atoms with E-state index in [2.05, 4.69) is 5.32 Å². The van der Waals surface area contributed by atoms with Gasteiger partial charge in [0.2, 0.25) is 5.91 Å². The zero-order valence-corrected chi connectivity index (χ0v) is 24.3. The Balaban J connectivity index is 1.41. The number of nitrogens with one attached hydrogen (secondary N) is 1. The second-order valence-corrected chi connectivity index (χ2v) is 12.3. The van der Waals surface area contributed by atoms with Gasteiger partial charge in [0.15, 0.2) is 11.9 Å². The number of fused-ring (bicyclic) bond motifs is 3. The van der Waals surface area contributed by atoms with Crippen LogP contribution in [0.3, 0.4) is 0 Å². The number of carbonyl (C=O) groups is 5. The number of ether oxygens (including phenoxy) is 3. The van der Waals surface area contributed by atoms with E-state index in [0.717, 1.165) is 5.56 Å². The van der Waals surface area contributed by atoms with E-state index >= 15 is 0 Å². The average Bonchev–Trinajstić information content (AvgIpc) is 3.48. The average molecular weight is 580 g/mol. The van der Waals surface area contributed by atoms with Crippen LogP contribution in [-0.2, 0) is 44.8 Å². The van der Waals surface area contributed by atoms with Gasteiger partial charge in [0, 0.05) is 30.7 Å². The van der Waals surface area contributed by atoms with Crippen LogP contribution in [0.5, 0.6) is 0 Å². The quantitative estimate of drug-likeness (QED) is 0.380. The van der Waals surface area contributed by atoms with Gasteiger partial charge in [-0.15, -0.1) is 0 Å². The second-order valence-electron chi connectivity index (χ2n) is 12.3. The van der Waals surface area contributed by atoms with E-state index < -0.39 is 70.6 Å².